The van der Waals surface area contributed by atoms with Crippen molar-refractivity contribution in [2.75, 3.05) is 24.0 Å². The average Bonchev–Trinajstić information content (AvgIpc) is 2.22. The number of hydrogen-bond acceptors (Lipinski definition) is 1. The summed E-state index contributed by atoms with van der Waals surface area (Å²) in [6.07, 6.45) is 11.8. The van der Waals surface area contributed by atoms with E-state index in [4.69, 9.17) is 0 Å². The van der Waals surface area contributed by atoms with Crippen LogP contribution in [0.25, 0.3) is 0 Å². The summed E-state index contributed by atoms with van der Waals surface area (Å²) in [5.74, 6) is 2.91. The number of carbonyl (C=O) groups excluding carboxylic acids is 1. The molecule has 15 heavy (non-hydrogen) atoms. The van der Waals surface area contributed by atoms with Gasteiger partial charge in [-0.3, -0.25) is 4.79 Å². The number of hydrogen-bond donors (Lipinski definition) is 0. The van der Waals surface area contributed by atoms with E-state index in [9.17, 15) is 4.79 Å². The van der Waals surface area contributed by atoms with Crippen LogP contribution in [0.2, 0.25) is 0 Å². The highest BCUT2D eigenvalue weighted by molar-refractivity contribution is 8.32. The molecular formula is C13H26OS. The van der Waals surface area contributed by atoms with E-state index in [0.717, 1.165) is 6.42 Å². The zero-order chi connectivity index (χ0) is 11.7. The molecule has 90 valence electrons. The third kappa shape index (κ3) is 8.73. The molecule has 0 saturated heterocycles. The van der Waals surface area contributed by atoms with Gasteiger partial charge in [0, 0.05) is 6.42 Å². The Morgan fingerprint density at radius 2 is 1.80 bits per heavy atom. The second-order valence-electron chi connectivity index (χ2n) is 4.59. The van der Waals surface area contributed by atoms with Gasteiger partial charge in [-0.15, -0.1) is 0 Å². The summed E-state index contributed by atoms with van der Waals surface area (Å²) >= 11 is 0. The van der Waals surface area contributed by atoms with E-state index in [1.807, 2.05) is 0 Å². The molecule has 0 fully saturated rings. The number of ketones is 1. The molecule has 0 saturated carbocycles. The van der Waals surface area contributed by atoms with Gasteiger partial charge in [0.15, 0.2) is 5.78 Å². The van der Waals surface area contributed by atoms with Crippen molar-refractivity contribution in [3.05, 3.63) is 12.7 Å². The molecule has 0 aromatic heterocycles. The summed E-state index contributed by atoms with van der Waals surface area (Å²) in [6, 6.07) is 0. The van der Waals surface area contributed by atoms with E-state index in [2.05, 4.69) is 26.0 Å². The van der Waals surface area contributed by atoms with E-state index in [1.165, 1.54) is 36.8 Å². The molecule has 0 spiro atoms. The van der Waals surface area contributed by atoms with Gasteiger partial charge in [0.05, 0.1) is 0 Å². The quantitative estimate of drug-likeness (QED) is 0.435. The van der Waals surface area contributed by atoms with E-state index in [0.29, 0.717) is 6.42 Å². The van der Waals surface area contributed by atoms with Crippen molar-refractivity contribution in [3.63, 3.8) is 0 Å². The highest BCUT2D eigenvalue weighted by Gasteiger charge is 2.07. The molecule has 0 aromatic carbocycles. The van der Waals surface area contributed by atoms with E-state index < -0.39 is 0 Å². The lowest BCUT2D eigenvalue weighted by atomic mass is 10.1. The molecule has 0 amide bonds. The molecule has 1 nitrogen and oxygen atoms in total. The van der Waals surface area contributed by atoms with Crippen molar-refractivity contribution in [3.8, 4) is 0 Å². The molecule has 2 heteroatoms. The maximum Gasteiger partial charge on any atom is 0.155 e. The van der Waals surface area contributed by atoms with Crippen LogP contribution in [0.1, 0.15) is 39.0 Å². The Labute approximate surface area is 96.6 Å². The second-order valence-corrected chi connectivity index (χ2v) is 9.11. The standard InChI is InChI=1S/C13H26OS/c1-5-13(14)11-9-7-8-10-12-15(3,4)6-2/h5H,1,6-12H2,2-4H3. The van der Waals surface area contributed by atoms with Crippen molar-refractivity contribution >= 4 is 15.8 Å². The van der Waals surface area contributed by atoms with Gasteiger partial charge in [0.2, 0.25) is 0 Å². The number of unbranched alkanes of at least 4 members (excludes halogenated alkanes) is 3. The Morgan fingerprint density at radius 3 is 2.33 bits per heavy atom. The Bertz CT molecular complexity index is 197. The van der Waals surface area contributed by atoms with E-state index in [1.54, 1.807) is 0 Å². The molecule has 0 aliphatic heterocycles. The van der Waals surface area contributed by atoms with Crippen molar-refractivity contribution in [1.82, 2.24) is 0 Å². The minimum Gasteiger partial charge on any atom is -0.295 e. The third-order valence-corrected chi connectivity index (χ3v) is 5.84. The Hall–Kier alpha value is -0.240. The van der Waals surface area contributed by atoms with Gasteiger partial charge in [0.25, 0.3) is 0 Å². The second kappa shape index (κ2) is 7.98. The lowest BCUT2D eigenvalue weighted by Crippen LogP contribution is -2.03. The SMILES string of the molecule is C=CC(=O)CCCCCCS(C)(C)CC. The van der Waals surface area contributed by atoms with Gasteiger partial charge in [-0.1, -0.05) is 26.3 Å². The van der Waals surface area contributed by atoms with E-state index >= 15 is 0 Å². The first kappa shape index (κ1) is 14.8. The highest BCUT2D eigenvalue weighted by atomic mass is 32.3. The number of rotatable bonds is 9. The van der Waals surface area contributed by atoms with Gasteiger partial charge in [-0.2, -0.15) is 0 Å². The molecule has 0 unspecified atom stereocenters. The van der Waals surface area contributed by atoms with Crippen molar-refractivity contribution in [1.29, 1.82) is 0 Å². The first-order chi connectivity index (χ1) is 7.02. The molecule has 0 aliphatic rings. The molecular weight excluding hydrogens is 204 g/mol. The number of allylic oxidation sites excluding steroid dienone is 1. The zero-order valence-corrected chi connectivity index (χ0v) is 11.4. The summed E-state index contributed by atoms with van der Waals surface area (Å²) in [6.45, 7) is 5.76. The van der Waals surface area contributed by atoms with Gasteiger partial charge in [-0.05, 0) is 42.9 Å². The summed E-state index contributed by atoms with van der Waals surface area (Å²) in [5, 5.41) is 0. The van der Waals surface area contributed by atoms with Crippen LogP contribution in [0.3, 0.4) is 0 Å². The predicted octanol–water partition coefficient (Wildman–Crippen LogP) is 3.78. The van der Waals surface area contributed by atoms with Gasteiger partial charge in [0.1, 0.15) is 0 Å². The van der Waals surface area contributed by atoms with Crippen LogP contribution in [-0.2, 0) is 4.79 Å². The molecule has 0 N–H and O–H groups in total. The van der Waals surface area contributed by atoms with Crippen LogP contribution in [-0.4, -0.2) is 29.8 Å². The lowest BCUT2D eigenvalue weighted by Gasteiger charge is -2.29. The Morgan fingerprint density at radius 1 is 1.20 bits per heavy atom. The maximum absolute atomic E-state index is 10.9. The highest BCUT2D eigenvalue weighted by Crippen LogP contribution is 2.39. The van der Waals surface area contributed by atoms with E-state index in [-0.39, 0.29) is 15.8 Å². The minimum atomic E-state index is -0.311. The first-order valence-electron chi connectivity index (χ1n) is 5.86. The Balaban J connectivity index is 3.32. The summed E-state index contributed by atoms with van der Waals surface area (Å²) in [4.78, 5) is 10.9. The van der Waals surface area contributed by atoms with Crippen LogP contribution in [0.15, 0.2) is 12.7 Å². The van der Waals surface area contributed by atoms with Crippen LogP contribution in [0.4, 0.5) is 0 Å². The van der Waals surface area contributed by atoms with Gasteiger partial charge >= 0.3 is 0 Å². The maximum atomic E-state index is 10.9. The molecule has 0 aromatic rings. The topological polar surface area (TPSA) is 17.1 Å². The van der Waals surface area contributed by atoms with Crippen LogP contribution in [0, 0.1) is 0 Å². The zero-order valence-electron chi connectivity index (χ0n) is 10.6. The van der Waals surface area contributed by atoms with Gasteiger partial charge in [-0.25, -0.2) is 10.0 Å². The fourth-order valence-electron chi connectivity index (χ4n) is 1.39. The molecule has 0 atom stereocenters. The number of carbonyl (C=O) groups is 1. The molecule has 0 heterocycles. The minimum absolute atomic E-state index is 0.189. The molecule has 0 rings (SSSR count). The van der Waals surface area contributed by atoms with Crippen LogP contribution >= 0.6 is 10.0 Å². The Kier molecular flexibility index (Phi) is 7.85. The molecule has 0 radical (unpaired) electrons. The summed E-state index contributed by atoms with van der Waals surface area (Å²) in [7, 11) is -0.311. The summed E-state index contributed by atoms with van der Waals surface area (Å²) < 4.78 is 0. The molecule has 0 bridgehead atoms. The molecule has 0 aliphatic carbocycles. The van der Waals surface area contributed by atoms with Crippen LogP contribution < -0.4 is 0 Å². The third-order valence-electron chi connectivity index (χ3n) is 2.88. The lowest BCUT2D eigenvalue weighted by molar-refractivity contribution is -0.114. The van der Waals surface area contributed by atoms with Crippen molar-refractivity contribution in [2.45, 2.75) is 39.0 Å². The summed E-state index contributed by atoms with van der Waals surface area (Å²) in [5.41, 5.74) is 0. The monoisotopic (exact) mass is 230 g/mol. The average molecular weight is 230 g/mol. The normalized spacial score (nSPS) is 12.5. The predicted molar refractivity (Wildman–Crippen MR) is 73.1 cm³/mol. The largest absolute Gasteiger partial charge is 0.295 e. The van der Waals surface area contributed by atoms with Gasteiger partial charge < -0.3 is 0 Å². The fourth-order valence-corrected chi connectivity index (χ4v) is 2.67. The van der Waals surface area contributed by atoms with Crippen molar-refractivity contribution in [2.24, 2.45) is 0 Å². The smallest absolute Gasteiger partial charge is 0.155 e. The van der Waals surface area contributed by atoms with Crippen molar-refractivity contribution < 1.29 is 4.79 Å². The first-order valence-corrected chi connectivity index (χ1v) is 8.64. The fraction of sp³-hybridized carbons (Fsp3) is 0.769. The van der Waals surface area contributed by atoms with Crippen LogP contribution in [0.5, 0.6) is 0 Å².